The SMILES string of the molecule is C[C@H](O)[C@@H](O)[C@@H](O)[C@H](O)CN. The Labute approximate surface area is 65.1 Å². The Kier molecular flexibility index (Phi) is 4.55. The molecule has 0 aliphatic heterocycles. The molecule has 0 radical (unpaired) electrons. The maximum atomic E-state index is 9.02. The molecule has 0 unspecified atom stereocenters. The van der Waals surface area contributed by atoms with Gasteiger partial charge in [0, 0.05) is 6.54 Å². The van der Waals surface area contributed by atoms with Crippen LogP contribution >= 0.6 is 0 Å². The molecule has 0 aliphatic carbocycles. The molecule has 0 aromatic rings. The highest BCUT2D eigenvalue weighted by molar-refractivity contribution is 4.78. The van der Waals surface area contributed by atoms with E-state index >= 15 is 0 Å². The first-order valence-corrected chi connectivity index (χ1v) is 3.43. The summed E-state index contributed by atoms with van der Waals surface area (Å²) in [6, 6.07) is 0. The van der Waals surface area contributed by atoms with E-state index in [-0.39, 0.29) is 6.54 Å². The van der Waals surface area contributed by atoms with Gasteiger partial charge in [-0.15, -0.1) is 0 Å². The van der Waals surface area contributed by atoms with Crippen molar-refractivity contribution in [3.63, 3.8) is 0 Å². The Morgan fingerprint density at radius 3 is 1.82 bits per heavy atom. The Balaban J connectivity index is 3.90. The van der Waals surface area contributed by atoms with Crippen LogP contribution in [0.5, 0.6) is 0 Å². The van der Waals surface area contributed by atoms with Crippen LogP contribution in [0.25, 0.3) is 0 Å². The molecule has 4 atom stereocenters. The second-order valence-corrected chi connectivity index (χ2v) is 2.52. The lowest BCUT2D eigenvalue weighted by molar-refractivity contribution is -0.0969. The van der Waals surface area contributed by atoms with Crippen molar-refractivity contribution in [2.75, 3.05) is 6.54 Å². The molecule has 0 heterocycles. The van der Waals surface area contributed by atoms with Gasteiger partial charge in [-0.25, -0.2) is 0 Å². The zero-order valence-electron chi connectivity index (χ0n) is 6.38. The maximum absolute atomic E-state index is 9.02. The number of nitrogens with two attached hydrogens (primary N) is 1. The number of hydrogen-bond acceptors (Lipinski definition) is 5. The predicted octanol–water partition coefficient (Wildman–Crippen LogP) is -2.59. The van der Waals surface area contributed by atoms with Crippen LogP contribution in [0.4, 0.5) is 0 Å². The van der Waals surface area contributed by atoms with E-state index in [0.29, 0.717) is 0 Å². The number of rotatable bonds is 4. The van der Waals surface area contributed by atoms with Crippen LogP contribution < -0.4 is 5.73 Å². The molecular formula is C6H15NO4. The molecule has 0 saturated heterocycles. The summed E-state index contributed by atoms with van der Waals surface area (Å²) >= 11 is 0. The van der Waals surface area contributed by atoms with Gasteiger partial charge in [-0.05, 0) is 6.92 Å². The molecular weight excluding hydrogens is 150 g/mol. The highest BCUT2D eigenvalue weighted by Gasteiger charge is 2.26. The highest BCUT2D eigenvalue weighted by Crippen LogP contribution is 2.03. The van der Waals surface area contributed by atoms with Crippen molar-refractivity contribution in [1.82, 2.24) is 0 Å². The Morgan fingerprint density at radius 1 is 1.09 bits per heavy atom. The first-order valence-electron chi connectivity index (χ1n) is 3.43. The van der Waals surface area contributed by atoms with Gasteiger partial charge >= 0.3 is 0 Å². The van der Waals surface area contributed by atoms with Crippen molar-refractivity contribution >= 4 is 0 Å². The fourth-order valence-electron chi connectivity index (χ4n) is 0.652. The Hall–Kier alpha value is -0.200. The summed E-state index contributed by atoms with van der Waals surface area (Å²) in [4.78, 5) is 0. The minimum Gasteiger partial charge on any atom is -0.391 e. The summed E-state index contributed by atoms with van der Waals surface area (Å²) in [6.07, 6.45) is -5.01. The molecule has 11 heavy (non-hydrogen) atoms. The van der Waals surface area contributed by atoms with Crippen LogP contribution in [-0.4, -0.2) is 51.4 Å². The van der Waals surface area contributed by atoms with E-state index < -0.39 is 24.4 Å². The fraction of sp³-hybridized carbons (Fsp3) is 1.00. The summed E-state index contributed by atoms with van der Waals surface area (Å²) in [5, 5.41) is 35.7. The zero-order valence-corrected chi connectivity index (χ0v) is 6.38. The van der Waals surface area contributed by atoms with E-state index in [0.717, 1.165) is 0 Å². The summed E-state index contributed by atoms with van der Waals surface area (Å²) in [5.41, 5.74) is 5.01. The zero-order chi connectivity index (χ0) is 9.02. The third-order valence-electron chi connectivity index (χ3n) is 1.48. The van der Waals surface area contributed by atoms with Gasteiger partial charge < -0.3 is 26.2 Å². The molecule has 0 saturated carbocycles. The molecule has 0 aromatic carbocycles. The number of aliphatic hydroxyl groups excluding tert-OH is 4. The molecule has 0 amide bonds. The molecule has 5 heteroatoms. The van der Waals surface area contributed by atoms with Crippen molar-refractivity contribution in [2.24, 2.45) is 5.73 Å². The van der Waals surface area contributed by atoms with Gasteiger partial charge in [-0.2, -0.15) is 0 Å². The number of aliphatic hydroxyl groups is 4. The average Bonchev–Trinajstić information content (AvgIpc) is 2.00. The quantitative estimate of drug-likeness (QED) is 0.314. The van der Waals surface area contributed by atoms with Gasteiger partial charge in [0.2, 0.25) is 0 Å². The van der Waals surface area contributed by atoms with Gasteiger partial charge in [0.1, 0.15) is 12.2 Å². The van der Waals surface area contributed by atoms with Crippen molar-refractivity contribution in [1.29, 1.82) is 0 Å². The van der Waals surface area contributed by atoms with E-state index in [2.05, 4.69) is 0 Å². The van der Waals surface area contributed by atoms with Gasteiger partial charge in [0.25, 0.3) is 0 Å². The van der Waals surface area contributed by atoms with E-state index in [1.54, 1.807) is 0 Å². The van der Waals surface area contributed by atoms with Crippen molar-refractivity contribution in [2.45, 2.75) is 31.3 Å². The Bertz CT molecular complexity index is 109. The minimum atomic E-state index is -1.39. The molecule has 68 valence electrons. The topological polar surface area (TPSA) is 107 Å². The molecule has 6 N–H and O–H groups in total. The molecule has 0 aliphatic rings. The van der Waals surface area contributed by atoms with Gasteiger partial charge in [-0.1, -0.05) is 0 Å². The van der Waals surface area contributed by atoms with Crippen LogP contribution in [0, 0.1) is 0 Å². The summed E-state index contributed by atoms with van der Waals surface area (Å²) in [7, 11) is 0. The van der Waals surface area contributed by atoms with Crippen molar-refractivity contribution < 1.29 is 20.4 Å². The Morgan fingerprint density at radius 2 is 1.55 bits per heavy atom. The van der Waals surface area contributed by atoms with Crippen LogP contribution in [0.15, 0.2) is 0 Å². The van der Waals surface area contributed by atoms with Crippen LogP contribution in [0.1, 0.15) is 6.92 Å². The third kappa shape index (κ3) is 3.13. The van der Waals surface area contributed by atoms with Gasteiger partial charge in [0.05, 0.1) is 12.2 Å². The third-order valence-corrected chi connectivity index (χ3v) is 1.48. The molecule has 5 nitrogen and oxygen atoms in total. The fourth-order valence-corrected chi connectivity index (χ4v) is 0.652. The maximum Gasteiger partial charge on any atom is 0.109 e. The molecule has 0 spiro atoms. The molecule has 0 fully saturated rings. The van der Waals surface area contributed by atoms with Gasteiger partial charge in [-0.3, -0.25) is 0 Å². The molecule has 0 aromatic heterocycles. The number of hydrogen-bond donors (Lipinski definition) is 5. The lowest BCUT2D eigenvalue weighted by Gasteiger charge is -2.23. The standard InChI is InChI=1S/C6H15NO4/c1-3(8)5(10)6(11)4(9)2-7/h3-6,8-11H,2,7H2,1H3/t3-,4+,5+,6-/m0/s1. The average molecular weight is 165 g/mol. The summed E-state index contributed by atoms with van der Waals surface area (Å²) < 4.78 is 0. The van der Waals surface area contributed by atoms with Crippen LogP contribution in [0.2, 0.25) is 0 Å². The van der Waals surface area contributed by atoms with Crippen molar-refractivity contribution in [3.8, 4) is 0 Å². The summed E-state index contributed by atoms with van der Waals surface area (Å²) in [6.45, 7) is 1.17. The highest BCUT2D eigenvalue weighted by atomic mass is 16.4. The van der Waals surface area contributed by atoms with Gasteiger partial charge in [0.15, 0.2) is 0 Å². The second kappa shape index (κ2) is 4.63. The first kappa shape index (κ1) is 10.8. The normalized spacial score (nSPS) is 22.4. The molecule has 0 bridgehead atoms. The van der Waals surface area contributed by atoms with Crippen LogP contribution in [-0.2, 0) is 0 Å². The van der Waals surface area contributed by atoms with E-state index in [4.69, 9.17) is 26.2 Å². The first-order chi connectivity index (χ1) is 5.00. The second-order valence-electron chi connectivity index (χ2n) is 2.52. The predicted molar refractivity (Wildman–Crippen MR) is 38.8 cm³/mol. The lowest BCUT2D eigenvalue weighted by atomic mass is 10.0. The summed E-state index contributed by atoms with van der Waals surface area (Å²) in [5.74, 6) is 0. The monoisotopic (exact) mass is 165 g/mol. The molecule has 0 rings (SSSR count). The van der Waals surface area contributed by atoms with E-state index in [9.17, 15) is 0 Å². The minimum absolute atomic E-state index is 0.148. The van der Waals surface area contributed by atoms with Crippen LogP contribution in [0.3, 0.4) is 0 Å². The lowest BCUT2D eigenvalue weighted by Crippen LogP contribution is -2.46. The van der Waals surface area contributed by atoms with Crippen molar-refractivity contribution in [3.05, 3.63) is 0 Å². The van der Waals surface area contributed by atoms with E-state index in [1.807, 2.05) is 0 Å². The smallest absolute Gasteiger partial charge is 0.109 e. The largest absolute Gasteiger partial charge is 0.391 e. The van der Waals surface area contributed by atoms with E-state index in [1.165, 1.54) is 6.92 Å².